The number of primary amides is 1. The lowest BCUT2D eigenvalue weighted by Crippen LogP contribution is -2.20. The topological polar surface area (TPSA) is 93.9 Å². The maximum Gasteiger partial charge on any atom is 0.239 e. The minimum Gasteiger partial charge on any atom is -0.453 e. The Morgan fingerprint density at radius 3 is 2.41 bits per heavy atom. The standard InChI is InChI=1S/C16H18N4O2/c1-9-5-13(6-10(2)14(9)7-17)22-16-11(3)19-20(12(16)4)8-15(18)21/h5-6H,8H2,1-4H3,(H2,18,21). The molecule has 0 saturated heterocycles. The van der Waals surface area contributed by atoms with Crippen LogP contribution >= 0.6 is 0 Å². The first-order valence-electron chi connectivity index (χ1n) is 6.85. The number of nitriles is 1. The first-order valence-corrected chi connectivity index (χ1v) is 6.85. The zero-order valence-corrected chi connectivity index (χ0v) is 13.1. The Bertz CT molecular complexity index is 761. The average Bonchev–Trinajstić information content (AvgIpc) is 2.65. The summed E-state index contributed by atoms with van der Waals surface area (Å²) in [6.07, 6.45) is 0. The zero-order chi connectivity index (χ0) is 16.4. The van der Waals surface area contributed by atoms with Crippen LogP contribution in [-0.4, -0.2) is 15.7 Å². The third-order valence-corrected chi connectivity index (χ3v) is 3.46. The number of hydrogen-bond acceptors (Lipinski definition) is 4. The summed E-state index contributed by atoms with van der Waals surface area (Å²) in [5, 5.41) is 13.4. The van der Waals surface area contributed by atoms with Gasteiger partial charge >= 0.3 is 0 Å². The van der Waals surface area contributed by atoms with Crippen LogP contribution in [0.4, 0.5) is 0 Å². The van der Waals surface area contributed by atoms with Crippen molar-refractivity contribution in [3.8, 4) is 17.6 Å². The van der Waals surface area contributed by atoms with Gasteiger partial charge in [-0.2, -0.15) is 10.4 Å². The summed E-state index contributed by atoms with van der Waals surface area (Å²) in [5.74, 6) is 0.783. The van der Waals surface area contributed by atoms with E-state index in [9.17, 15) is 4.79 Å². The van der Waals surface area contributed by atoms with E-state index in [0.29, 0.717) is 22.8 Å². The second-order valence-electron chi connectivity index (χ2n) is 5.27. The van der Waals surface area contributed by atoms with Crippen molar-refractivity contribution in [2.45, 2.75) is 34.2 Å². The third-order valence-electron chi connectivity index (χ3n) is 3.46. The highest BCUT2D eigenvalue weighted by atomic mass is 16.5. The molecule has 0 bridgehead atoms. The van der Waals surface area contributed by atoms with Gasteiger partial charge in [0.1, 0.15) is 18.0 Å². The van der Waals surface area contributed by atoms with Crippen LogP contribution in [0.15, 0.2) is 12.1 Å². The largest absolute Gasteiger partial charge is 0.453 e. The Kier molecular flexibility index (Phi) is 4.18. The van der Waals surface area contributed by atoms with E-state index < -0.39 is 5.91 Å². The molecule has 2 N–H and O–H groups in total. The van der Waals surface area contributed by atoms with Gasteiger partial charge < -0.3 is 10.5 Å². The highest BCUT2D eigenvalue weighted by Gasteiger charge is 2.16. The summed E-state index contributed by atoms with van der Waals surface area (Å²) in [7, 11) is 0. The molecule has 2 aromatic rings. The molecule has 1 aromatic heterocycles. The first-order chi connectivity index (χ1) is 10.3. The van der Waals surface area contributed by atoms with Crippen molar-refractivity contribution in [2.75, 3.05) is 0 Å². The van der Waals surface area contributed by atoms with Crippen molar-refractivity contribution >= 4 is 5.91 Å². The number of carbonyl (C=O) groups is 1. The Hall–Kier alpha value is -2.81. The Labute approximate surface area is 129 Å². The molecular formula is C16H18N4O2. The smallest absolute Gasteiger partial charge is 0.239 e. The van der Waals surface area contributed by atoms with Gasteiger partial charge in [0.2, 0.25) is 5.91 Å². The SMILES string of the molecule is Cc1cc(Oc2c(C)nn(CC(N)=O)c2C)cc(C)c1C#N. The second-order valence-corrected chi connectivity index (χ2v) is 5.27. The molecule has 0 saturated carbocycles. The summed E-state index contributed by atoms with van der Waals surface area (Å²) in [6.45, 7) is 7.38. The number of nitrogens with zero attached hydrogens (tertiary/aromatic N) is 3. The van der Waals surface area contributed by atoms with Crippen LogP contribution in [0.25, 0.3) is 0 Å². The van der Waals surface area contributed by atoms with Gasteiger partial charge in [-0.05, 0) is 51.0 Å². The number of ether oxygens (including phenoxy) is 1. The van der Waals surface area contributed by atoms with Crippen molar-refractivity contribution in [3.63, 3.8) is 0 Å². The molecule has 2 rings (SSSR count). The summed E-state index contributed by atoms with van der Waals surface area (Å²) in [6, 6.07) is 5.81. The van der Waals surface area contributed by atoms with E-state index in [1.54, 1.807) is 0 Å². The van der Waals surface area contributed by atoms with E-state index in [1.165, 1.54) is 4.68 Å². The van der Waals surface area contributed by atoms with Crippen molar-refractivity contribution in [1.29, 1.82) is 5.26 Å². The second kappa shape index (κ2) is 5.90. The van der Waals surface area contributed by atoms with E-state index in [2.05, 4.69) is 11.2 Å². The van der Waals surface area contributed by atoms with Crippen LogP contribution in [0.2, 0.25) is 0 Å². The van der Waals surface area contributed by atoms with Gasteiger partial charge in [-0.3, -0.25) is 9.48 Å². The number of rotatable bonds is 4. The quantitative estimate of drug-likeness (QED) is 0.936. The number of carbonyl (C=O) groups excluding carboxylic acids is 1. The van der Waals surface area contributed by atoms with Gasteiger partial charge in [0.15, 0.2) is 5.75 Å². The third kappa shape index (κ3) is 2.93. The number of benzene rings is 1. The Balaban J connectivity index is 2.38. The lowest BCUT2D eigenvalue weighted by molar-refractivity contribution is -0.118. The molecule has 0 atom stereocenters. The fourth-order valence-electron chi connectivity index (χ4n) is 2.41. The van der Waals surface area contributed by atoms with Gasteiger partial charge in [0, 0.05) is 0 Å². The highest BCUT2D eigenvalue weighted by Crippen LogP contribution is 2.30. The predicted octanol–water partition coefficient (Wildman–Crippen LogP) is 2.27. The van der Waals surface area contributed by atoms with Crippen LogP contribution < -0.4 is 10.5 Å². The molecule has 1 amide bonds. The summed E-state index contributed by atoms with van der Waals surface area (Å²) < 4.78 is 7.44. The fourth-order valence-corrected chi connectivity index (χ4v) is 2.41. The number of hydrogen-bond donors (Lipinski definition) is 1. The molecule has 0 spiro atoms. The molecule has 114 valence electrons. The molecule has 0 unspecified atom stereocenters. The van der Waals surface area contributed by atoms with Crippen LogP contribution in [0, 0.1) is 39.0 Å². The number of nitrogens with two attached hydrogens (primary N) is 1. The monoisotopic (exact) mass is 298 g/mol. The summed E-state index contributed by atoms with van der Waals surface area (Å²) in [4.78, 5) is 11.0. The van der Waals surface area contributed by atoms with E-state index in [-0.39, 0.29) is 6.54 Å². The number of amides is 1. The van der Waals surface area contributed by atoms with Crippen LogP contribution in [0.3, 0.4) is 0 Å². The summed E-state index contributed by atoms with van der Waals surface area (Å²) in [5.41, 5.74) is 8.99. The normalized spacial score (nSPS) is 10.3. The maximum atomic E-state index is 11.0. The van der Waals surface area contributed by atoms with Crippen molar-refractivity contribution in [3.05, 3.63) is 40.2 Å². The number of aromatic nitrogens is 2. The van der Waals surface area contributed by atoms with Crippen LogP contribution in [-0.2, 0) is 11.3 Å². The van der Waals surface area contributed by atoms with Crippen molar-refractivity contribution in [1.82, 2.24) is 9.78 Å². The molecule has 22 heavy (non-hydrogen) atoms. The minimum absolute atomic E-state index is 0.0153. The molecule has 6 nitrogen and oxygen atoms in total. The molecule has 1 heterocycles. The van der Waals surface area contributed by atoms with E-state index in [4.69, 9.17) is 15.7 Å². The van der Waals surface area contributed by atoms with E-state index in [0.717, 1.165) is 16.8 Å². The van der Waals surface area contributed by atoms with E-state index in [1.807, 2.05) is 39.8 Å². The minimum atomic E-state index is -0.456. The molecular weight excluding hydrogens is 280 g/mol. The fraction of sp³-hybridized carbons (Fsp3) is 0.312. The number of aryl methyl sites for hydroxylation is 3. The zero-order valence-electron chi connectivity index (χ0n) is 13.1. The van der Waals surface area contributed by atoms with Gasteiger partial charge in [0.25, 0.3) is 0 Å². The molecule has 0 aliphatic heterocycles. The predicted molar refractivity (Wildman–Crippen MR) is 81.6 cm³/mol. The van der Waals surface area contributed by atoms with Gasteiger partial charge in [-0.25, -0.2) is 0 Å². The molecule has 0 fully saturated rings. The first kappa shape index (κ1) is 15.6. The van der Waals surface area contributed by atoms with Crippen molar-refractivity contribution in [2.24, 2.45) is 5.73 Å². The van der Waals surface area contributed by atoms with Crippen LogP contribution in [0.1, 0.15) is 28.1 Å². The van der Waals surface area contributed by atoms with Gasteiger partial charge in [-0.1, -0.05) is 0 Å². The van der Waals surface area contributed by atoms with Gasteiger partial charge in [-0.15, -0.1) is 0 Å². The lowest BCUT2D eigenvalue weighted by atomic mass is 10.0. The lowest BCUT2D eigenvalue weighted by Gasteiger charge is -2.10. The molecule has 0 radical (unpaired) electrons. The molecule has 1 aromatic carbocycles. The van der Waals surface area contributed by atoms with Gasteiger partial charge in [0.05, 0.1) is 17.3 Å². The Morgan fingerprint density at radius 2 is 1.91 bits per heavy atom. The van der Waals surface area contributed by atoms with E-state index >= 15 is 0 Å². The molecule has 0 aliphatic rings. The maximum absolute atomic E-state index is 11.0. The van der Waals surface area contributed by atoms with Crippen LogP contribution in [0.5, 0.6) is 11.5 Å². The Morgan fingerprint density at radius 1 is 1.32 bits per heavy atom. The summed E-state index contributed by atoms with van der Waals surface area (Å²) >= 11 is 0. The molecule has 0 aliphatic carbocycles. The highest BCUT2D eigenvalue weighted by molar-refractivity contribution is 5.73. The average molecular weight is 298 g/mol. The molecule has 6 heteroatoms. The van der Waals surface area contributed by atoms with Crippen molar-refractivity contribution < 1.29 is 9.53 Å².